The van der Waals surface area contributed by atoms with Gasteiger partial charge in [0.1, 0.15) is 5.69 Å². The van der Waals surface area contributed by atoms with Crippen LogP contribution in [0.3, 0.4) is 0 Å². The Morgan fingerprint density at radius 2 is 2.31 bits per heavy atom. The Kier molecular flexibility index (Phi) is 4.61. The molecule has 1 N–H and O–H groups in total. The minimum Gasteiger partial charge on any atom is -0.339 e. The molecule has 0 saturated carbocycles. The maximum atomic E-state index is 12.6. The molecule has 4 heterocycles. The number of H-pyrrole nitrogens is 1. The number of piperidine rings is 1. The van der Waals surface area contributed by atoms with Crippen LogP contribution in [-0.4, -0.2) is 44.2 Å². The predicted molar refractivity (Wildman–Crippen MR) is 94.8 cm³/mol. The molecule has 0 aliphatic carbocycles. The van der Waals surface area contributed by atoms with E-state index in [9.17, 15) is 9.59 Å². The van der Waals surface area contributed by atoms with E-state index >= 15 is 0 Å². The molecule has 0 bridgehead atoms. The highest BCUT2D eigenvalue weighted by Gasteiger charge is 2.27. The predicted octanol–water partition coefficient (Wildman–Crippen LogP) is 1.98. The van der Waals surface area contributed by atoms with Gasteiger partial charge in [0.05, 0.1) is 0 Å². The number of hydrogen-bond donors (Lipinski definition) is 1. The molecule has 0 spiro atoms. The lowest BCUT2D eigenvalue weighted by Crippen LogP contribution is -2.41. The van der Waals surface area contributed by atoms with E-state index in [1.807, 2.05) is 16.8 Å². The van der Waals surface area contributed by atoms with Crippen molar-refractivity contribution < 1.29 is 9.32 Å². The number of hydrogen-bond acceptors (Lipinski definition) is 7. The summed E-state index contributed by atoms with van der Waals surface area (Å²) in [5.74, 6) is 1.27. The zero-order chi connectivity index (χ0) is 17.9. The number of carbonyl (C=O) groups is 1. The molecule has 1 atom stereocenters. The molecule has 1 aliphatic heterocycles. The van der Waals surface area contributed by atoms with E-state index < -0.39 is 0 Å². The van der Waals surface area contributed by atoms with Crippen molar-refractivity contribution in [1.82, 2.24) is 25.2 Å². The molecule has 0 radical (unpaired) electrons. The monoisotopic (exact) mass is 371 g/mol. The number of nitrogens with one attached hydrogen (secondary N) is 1. The third-order valence-corrected chi connectivity index (χ3v) is 5.10. The van der Waals surface area contributed by atoms with E-state index in [0.717, 1.165) is 18.4 Å². The van der Waals surface area contributed by atoms with Gasteiger partial charge in [0.25, 0.3) is 11.5 Å². The first kappa shape index (κ1) is 16.6. The Morgan fingerprint density at radius 1 is 1.38 bits per heavy atom. The highest BCUT2D eigenvalue weighted by Crippen LogP contribution is 2.23. The second-order valence-corrected chi connectivity index (χ2v) is 7.07. The summed E-state index contributed by atoms with van der Waals surface area (Å²) >= 11 is 1.59. The first-order valence-electron chi connectivity index (χ1n) is 8.39. The molecule has 1 saturated heterocycles. The van der Waals surface area contributed by atoms with E-state index in [1.165, 1.54) is 12.1 Å². The number of aromatic amines is 1. The van der Waals surface area contributed by atoms with Gasteiger partial charge < -0.3 is 9.42 Å². The summed E-state index contributed by atoms with van der Waals surface area (Å²) in [4.78, 5) is 29.9. The van der Waals surface area contributed by atoms with Crippen LogP contribution in [0.4, 0.5) is 0 Å². The highest BCUT2D eigenvalue weighted by molar-refractivity contribution is 7.08. The van der Waals surface area contributed by atoms with Gasteiger partial charge in [-0.05, 0) is 36.3 Å². The molecule has 134 valence electrons. The van der Waals surface area contributed by atoms with Gasteiger partial charge >= 0.3 is 0 Å². The van der Waals surface area contributed by atoms with Gasteiger partial charge in [-0.15, -0.1) is 0 Å². The minimum absolute atomic E-state index is 0.171. The third kappa shape index (κ3) is 3.57. The number of nitrogens with zero attached hydrogens (tertiary/aromatic N) is 4. The summed E-state index contributed by atoms with van der Waals surface area (Å²) < 4.78 is 5.37. The first-order valence-corrected chi connectivity index (χ1v) is 9.33. The summed E-state index contributed by atoms with van der Waals surface area (Å²) in [6, 6.07) is 4.72. The molecule has 4 rings (SSSR count). The summed E-state index contributed by atoms with van der Waals surface area (Å²) in [7, 11) is 0. The van der Waals surface area contributed by atoms with Crippen molar-refractivity contribution >= 4 is 17.2 Å². The Labute approximate surface area is 152 Å². The summed E-state index contributed by atoms with van der Waals surface area (Å²) in [5.41, 5.74) is 0.883. The van der Waals surface area contributed by atoms with Crippen molar-refractivity contribution in [3.05, 3.63) is 50.9 Å². The molecule has 0 unspecified atom stereocenters. The lowest BCUT2D eigenvalue weighted by Gasteiger charge is -2.31. The normalized spacial score (nSPS) is 17.4. The topological polar surface area (TPSA) is 105 Å². The molecule has 8 nitrogen and oxygen atoms in total. The van der Waals surface area contributed by atoms with Crippen LogP contribution in [0, 0.1) is 5.92 Å². The lowest BCUT2D eigenvalue weighted by molar-refractivity contribution is 0.0661. The van der Waals surface area contributed by atoms with E-state index in [1.54, 1.807) is 16.2 Å². The van der Waals surface area contributed by atoms with Crippen molar-refractivity contribution in [3.63, 3.8) is 0 Å². The van der Waals surface area contributed by atoms with Crippen LogP contribution < -0.4 is 5.56 Å². The van der Waals surface area contributed by atoms with Crippen LogP contribution in [0.25, 0.3) is 11.4 Å². The van der Waals surface area contributed by atoms with E-state index in [4.69, 9.17) is 4.52 Å². The number of likely N-dealkylation sites (tertiary alicyclic amines) is 1. The molecular formula is C17H17N5O3S. The van der Waals surface area contributed by atoms with Crippen LogP contribution in [-0.2, 0) is 6.42 Å². The smallest absolute Gasteiger partial charge is 0.274 e. The number of carbonyl (C=O) groups excluding carboxylic acids is 1. The van der Waals surface area contributed by atoms with Gasteiger partial charge in [0.2, 0.25) is 11.7 Å². The van der Waals surface area contributed by atoms with Crippen molar-refractivity contribution in [2.75, 3.05) is 13.1 Å². The molecule has 9 heteroatoms. The summed E-state index contributed by atoms with van der Waals surface area (Å²) in [6.07, 6.45) is 2.55. The fourth-order valence-corrected chi connectivity index (χ4v) is 3.77. The van der Waals surface area contributed by atoms with Crippen LogP contribution in [0.15, 0.2) is 38.3 Å². The highest BCUT2D eigenvalue weighted by atomic mass is 32.1. The molecule has 0 aromatic carbocycles. The number of rotatable bonds is 4. The van der Waals surface area contributed by atoms with E-state index in [-0.39, 0.29) is 23.1 Å². The molecule has 3 aromatic rings. The van der Waals surface area contributed by atoms with E-state index in [2.05, 4.69) is 20.3 Å². The minimum atomic E-state index is -0.323. The first-order chi connectivity index (χ1) is 12.7. The van der Waals surface area contributed by atoms with Crippen LogP contribution in [0.2, 0.25) is 0 Å². The third-order valence-electron chi connectivity index (χ3n) is 4.42. The number of thiophene rings is 1. The average molecular weight is 371 g/mol. The van der Waals surface area contributed by atoms with Crippen molar-refractivity contribution in [2.24, 2.45) is 5.92 Å². The fourth-order valence-electron chi connectivity index (χ4n) is 3.14. The Morgan fingerprint density at radius 3 is 3.08 bits per heavy atom. The maximum absolute atomic E-state index is 12.6. The summed E-state index contributed by atoms with van der Waals surface area (Å²) in [5, 5.41) is 14.1. The standard InChI is InChI=1S/C17H17N5O3S/c23-14-4-3-13(19-20-14)17(24)22-6-1-2-11(9-22)8-15-18-16(21-25-15)12-5-7-26-10-12/h3-5,7,10-11H,1-2,6,8-9H2,(H,20,23)/t11-/m0/s1. The fraction of sp³-hybridized carbons (Fsp3) is 0.353. The molecule has 3 aromatic heterocycles. The van der Waals surface area contributed by atoms with Gasteiger partial charge in [-0.1, -0.05) is 5.16 Å². The zero-order valence-corrected chi connectivity index (χ0v) is 14.7. The van der Waals surface area contributed by atoms with Gasteiger partial charge in [0.15, 0.2) is 0 Å². The quantitative estimate of drug-likeness (QED) is 0.752. The maximum Gasteiger partial charge on any atom is 0.274 e. The molecular weight excluding hydrogens is 354 g/mol. The van der Waals surface area contributed by atoms with Crippen molar-refractivity contribution in [2.45, 2.75) is 19.3 Å². The zero-order valence-electron chi connectivity index (χ0n) is 13.9. The largest absolute Gasteiger partial charge is 0.339 e. The van der Waals surface area contributed by atoms with Gasteiger partial charge in [-0.2, -0.15) is 21.4 Å². The van der Waals surface area contributed by atoms with Crippen LogP contribution in [0.5, 0.6) is 0 Å². The summed E-state index contributed by atoms with van der Waals surface area (Å²) in [6.45, 7) is 1.29. The van der Waals surface area contributed by atoms with E-state index in [0.29, 0.717) is 31.2 Å². The second-order valence-electron chi connectivity index (χ2n) is 6.29. The molecule has 1 fully saturated rings. The second kappa shape index (κ2) is 7.20. The molecule has 1 aliphatic rings. The van der Waals surface area contributed by atoms with Gasteiger partial charge in [0, 0.05) is 36.5 Å². The Balaban J connectivity index is 1.41. The number of aromatic nitrogens is 4. The van der Waals surface area contributed by atoms with Gasteiger partial charge in [-0.3, -0.25) is 9.59 Å². The van der Waals surface area contributed by atoms with Crippen LogP contribution in [0.1, 0.15) is 29.2 Å². The lowest BCUT2D eigenvalue weighted by atomic mass is 9.94. The average Bonchev–Trinajstić information content (AvgIpc) is 3.34. The molecule has 26 heavy (non-hydrogen) atoms. The Bertz CT molecular complexity index is 929. The van der Waals surface area contributed by atoms with Crippen molar-refractivity contribution in [3.8, 4) is 11.4 Å². The SMILES string of the molecule is O=C(c1ccc(=O)[nH]n1)N1CCC[C@@H](Cc2nc(-c3ccsc3)no2)C1. The van der Waals surface area contributed by atoms with Crippen LogP contribution >= 0.6 is 11.3 Å². The van der Waals surface area contributed by atoms with Crippen molar-refractivity contribution in [1.29, 1.82) is 0 Å². The van der Waals surface area contributed by atoms with Gasteiger partial charge in [-0.25, -0.2) is 5.10 Å². The molecule has 1 amide bonds. The number of amides is 1. The Hall–Kier alpha value is -2.81.